The molecule has 1 saturated carbocycles. The maximum Gasteiger partial charge on any atom is 0.292 e. The summed E-state index contributed by atoms with van der Waals surface area (Å²) in [4.78, 5) is 23.1. The minimum absolute atomic E-state index is 0.118. The summed E-state index contributed by atoms with van der Waals surface area (Å²) < 4.78 is 6.91. The molecule has 1 amide bonds. The van der Waals surface area contributed by atoms with Gasteiger partial charge >= 0.3 is 0 Å². The van der Waals surface area contributed by atoms with Gasteiger partial charge in [0.15, 0.2) is 12.2 Å². The van der Waals surface area contributed by atoms with E-state index in [1.165, 1.54) is 11.1 Å². The summed E-state index contributed by atoms with van der Waals surface area (Å²) in [5.74, 6) is 1.58. The number of amides is 1. The lowest BCUT2D eigenvalue weighted by atomic mass is 10.2. The van der Waals surface area contributed by atoms with Gasteiger partial charge in [-0.25, -0.2) is 9.67 Å². The molecule has 2 N–H and O–H groups in total. The van der Waals surface area contributed by atoms with Gasteiger partial charge in [-0.3, -0.25) is 4.79 Å². The molecule has 2 aliphatic rings. The predicted molar refractivity (Wildman–Crippen MR) is 76.9 cm³/mol. The predicted octanol–water partition coefficient (Wildman–Crippen LogP) is 1.24. The zero-order chi connectivity index (χ0) is 15.3. The second-order valence-electron chi connectivity index (χ2n) is 5.95. The average Bonchev–Trinajstić information content (AvgIpc) is 2.93. The van der Waals surface area contributed by atoms with Gasteiger partial charge in [0.25, 0.3) is 5.91 Å². The van der Waals surface area contributed by atoms with E-state index in [9.17, 15) is 4.79 Å². The number of carbonyl (C=O) groups excluding carboxylic acids is 1. The van der Waals surface area contributed by atoms with Gasteiger partial charge in [0.1, 0.15) is 0 Å². The van der Waals surface area contributed by atoms with Crippen LogP contribution in [-0.4, -0.2) is 37.1 Å². The second kappa shape index (κ2) is 4.82. The number of hydrogen-bond donors (Lipinski definition) is 1. The van der Waals surface area contributed by atoms with E-state index < -0.39 is 0 Å². The summed E-state index contributed by atoms with van der Waals surface area (Å²) in [6.07, 6.45) is 5.27. The first-order valence-corrected chi connectivity index (χ1v) is 7.56. The van der Waals surface area contributed by atoms with Crippen molar-refractivity contribution in [3.05, 3.63) is 23.7 Å². The first-order valence-electron chi connectivity index (χ1n) is 7.56. The monoisotopic (exact) mass is 302 g/mol. The molecule has 0 bridgehead atoms. The molecule has 8 heteroatoms. The number of aryl methyl sites for hydroxylation is 1. The molecule has 22 heavy (non-hydrogen) atoms. The Kier molecular flexibility index (Phi) is 2.91. The molecule has 0 spiro atoms. The number of anilines is 1. The summed E-state index contributed by atoms with van der Waals surface area (Å²) in [7, 11) is 1.74. The summed E-state index contributed by atoms with van der Waals surface area (Å²) in [5, 5.41) is 4.32. The van der Waals surface area contributed by atoms with Crippen molar-refractivity contribution < 1.29 is 9.21 Å². The topological polar surface area (TPSA) is 103 Å². The van der Waals surface area contributed by atoms with Crippen molar-refractivity contribution in [3.63, 3.8) is 0 Å². The van der Waals surface area contributed by atoms with Crippen LogP contribution in [-0.2, 0) is 7.05 Å². The summed E-state index contributed by atoms with van der Waals surface area (Å²) in [6.45, 7) is 0.673. The van der Waals surface area contributed by atoms with Gasteiger partial charge in [-0.15, -0.1) is 0 Å². The van der Waals surface area contributed by atoms with Crippen molar-refractivity contribution in [3.8, 4) is 0 Å². The second-order valence-corrected chi connectivity index (χ2v) is 5.95. The van der Waals surface area contributed by atoms with E-state index in [-0.39, 0.29) is 11.9 Å². The number of hydrogen-bond acceptors (Lipinski definition) is 6. The number of rotatable bonds is 3. The van der Waals surface area contributed by atoms with Crippen LogP contribution in [0.4, 0.5) is 5.95 Å². The Hall–Kier alpha value is -2.38. The fourth-order valence-corrected chi connectivity index (χ4v) is 3.03. The maximum atomic E-state index is 12.8. The van der Waals surface area contributed by atoms with E-state index in [4.69, 9.17) is 10.2 Å². The Balaban J connectivity index is 1.62. The maximum absolute atomic E-state index is 12.8. The standard InChI is InChI=1S/C14H18N6O2/c1-19-14(15)17-12(18-19)9-3-2-6-20(9)13(21)11-10(8-4-5-8)16-7-22-11/h7-9H,2-6H2,1H3,(H2,15,17,18). The van der Waals surface area contributed by atoms with Gasteiger partial charge in [-0.05, 0) is 25.7 Å². The lowest BCUT2D eigenvalue weighted by molar-refractivity contribution is 0.0695. The number of aromatic nitrogens is 4. The Bertz CT molecular complexity index is 697. The van der Waals surface area contributed by atoms with Crippen LogP contribution in [0, 0.1) is 0 Å². The quantitative estimate of drug-likeness (QED) is 0.915. The van der Waals surface area contributed by atoms with Gasteiger partial charge in [0.2, 0.25) is 11.7 Å². The SMILES string of the molecule is Cn1nc(C2CCCN2C(=O)c2ocnc2C2CC2)nc1N. The third kappa shape index (κ3) is 2.06. The van der Waals surface area contributed by atoms with Gasteiger partial charge in [-0.2, -0.15) is 10.1 Å². The van der Waals surface area contributed by atoms with E-state index >= 15 is 0 Å². The average molecular weight is 302 g/mol. The van der Waals surface area contributed by atoms with Crippen molar-refractivity contribution >= 4 is 11.9 Å². The van der Waals surface area contributed by atoms with Gasteiger partial charge in [0.05, 0.1) is 11.7 Å². The zero-order valence-corrected chi connectivity index (χ0v) is 12.4. The molecule has 2 aromatic rings. The van der Waals surface area contributed by atoms with Crippen LogP contribution in [0.5, 0.6) is 0 Å². The molecule has 1 atom stereocenters. The zero-order valence-electron chi connectivity index (χ0n) is 12.4. The number of carbonyl (C=O) groups is 1. The van der Waals surface area contributed by atoms with Crippen LogP contribution >= 0.6 is 0 Å². The smallest absolute Gasteiger partial charge is 0.292 e. The van der Waals surface area contributed by atoms with E-state index in [0.29, 0.717) is 30.0 Å². The number of oxazole rings is 1. The van der Waals surface area contributed by atoms with Crippen LogP contribution in [0.25, 0.3) is 0 Å². The Morgan fingerprint density at radius 1 is 1.41 bits per heavy atom. The highest BCUT2D eigenvalue weighted by Crippen LogP contribution is 2.42. The molecular formula is C14H18N6O2. The molecule has 3 heterocycles. The molecule has 2 fully saturated rings. The van der Waals surface area contributed by atoms with Crippen LogP contribution in [0.3, 0.4) is 0 Å². The number of nitrogen functional groups attached to an aromatic ring is 1. The highest BCUT2D eigenvalue weighted by atomic mass is 16.3. The summed E-state index contributed by atoms with van der Waals surface area (Å²) in [6, 6.07) is -0.145. The largest absolute Gasteiger partial charge is 0.438 e. The molecule has 1 unspecified atom stereocenters. The third-order valence-electron chi connectivity index (χ3n) is 4.38. The fourth-order valence-electron chi connectivity index (χ4n) is 3.03. The molecule has 0 aromatic carbocycles. The van der Waals surface area contributed by atoms with Crippen molar-refractivity contribution in [2.24, 2.45) is 7.05 Å². The first kappa shape index (κ1) is 13.3. The van der Waals surface area contributed by atoms with Gasteiger partial charge < -0.3 is 15.1 Å². The van der Waals surface area contributed by atoms with Crippen molar-refractivity contribution in [1.82, 2.24) is 24.6 Å². The van der Waals surface area contributed by atoms with Crippen LogP contribution in [0.2, 0.25) is 0 Å². The van der Waals surface area contributed by atoms with Gasteiger partial charge in [0, 0.05) is 19.5 Å². The Morgan fingerprint density at radius 2 is 2.23 bits per heavy atom. The Labute approximate surface area is 127 Å². The molecule has 1 aliphatic carbocycles. The lowest BCUT2D eigenvalue weighted by Gasteiger charge is -2.21. The molecular weight excluding hydrogens is 284 g/mol. The minimum atomic E-state index is -0.145. The normalized spacial score (nSPS) is 21.5. The summed E-state index contributed by atoms with van der Waals surface area (Å²) in [5.41, 5.74) is 6.55. The van der Waals surface area contributed by atoms with E-state index in [0.717, 1.165) is 31.4 Å². The Morgan fingerprint density at radius 3 is 2.91 bits per heavy atom. The number of nitrogens with two attached hydrogens (primary N) is 1. The van der Waals surface area contributed by atoms with Crippen molar-refractivity contribution in [1.29, 1.82) is 0 Å². The molecule has 0 radical (unpaired) electrons. The molecule has 1 saturated heterocycles. The summed E-state index contributed by atoms with van der Waals surface area (Å²) >= 11 is 0. The van der Waals surface area contributed by atoms with Crippen molar-refractivity contribution in [2.75, 3.05) is 12.3 Å². The number of likely N-dealkylation sites (tertiary alicyclic amines) is 1. The van der Waals surface area contributed by atoms with Crippen LogP contribution in [0.15, 0.2) is 10.8 Å². The van der Waals surface area contributed by atoms with Gasteiger partial charge in [-0.1, -0.05) is 0 Å². The fraction of sp³-hybridized carbons (Fsp3) is 0.571. The van der Waals surface area contributed by atoms with E-state index in [2.05, 4.69) is 15.1 Å². The first-order chi connectivity index (χ1) is 10.6. The van der Waals surface area contributed by atoms with Crippen LogP contribution < -0.4 is 5.73 Å². The highest BCUT2D eigenvalue weighted by molar-refractivity contribution is 5.93. The van der Waals surface area contributed by atoms with Crippen LogP contribution in [0.1, 0.15) is 59.7 Å². The third-order valence-corrected chi connectivity index (χ3v) is 4.38. The molecule has 1 aliphatic heterocycles. The lowest BCUT2D eigenvalue weighted by Crippen LogP contribution is -2.31. The van der Waals surface area contributed by atoms with E-state index in [1.807, 2.05) is 0 Å². The highest BCUT2D eigenvalue weighted by Gasteiger charge is 2.38. The molecule has 116 valence electrons. The molecule has 8 nitrogen and oxygen atoms in total. The number of nitrogens with zero attached hydrogens (tertiary/aromatic N) is 5. The molecule has 2 aromatic heterocycles. The molecule has 4 rings (SSSR count). The van der Waals surface area contributed by atoms with Crippen molar-refractivity contribution in [2.45, 2.75) is 37.6 Å². The van der Waals surface area contributed by atoms with E-state index in [1.54, 1.807) is 11.9 Å². The minimum Gasteiger partial charge on any atom is -0.438 e.